The summed E-state index contributed by atoms with van der Waals surface area (Å²) < 4.78 is 12.2. The van der Waals surface area contributed by atoms with Crippen molar-refractivity contribution < 1.29 is 9.47 Å². The summed E-state index contributed by atoms with van der Waals surface area (Å²) in [5.74, 6) is 3.30. The number of rotatable bonds is 8. The van der Waals surface area contributed by atoms with Crippen molar-refractivity contribution in [3.63, 3.8) is 0 Å². The lowest BCUT2D eigenvalue weighted by Gasteiger charge is -2.32. The van der Waals surface area contributed by atoms with Gasteiger partial charge in [-0.15, -0.1) is 0 Å². The van der Waals surface area contributed by atoms with E-state index in [1.807, 2.05) is 36.4 Å². The molecule has 1 unspecified atom stereocenters. The van der Waals surface area contributed by atoms with E-state index in [0.717, 1.165) is 40.9 Å². The van der Waals surface area contributed by atoms with E-state index in [0.29, 0.717) is 5.92 Å². The number of ether oxygens (including phenoxy) is 2. The van der Waals surface area contributed by atoms with Gasteiger partial charge in [-0.3, -0.25) is 0 Å². The number of fused-ring (bicyclic) bond motifs is 2. The Bertz CT molecular complexity index is 890. The molecule has 3 nitrogen and oxygen atoms in total. The Kier molecular flexibility index (Phi) is 6.04. The Morgan fingerprint density at radius 2 is 1.45 bits per heavy atom. The third kappa shape index (κ3) is 4.24. The van der Waals surface area contributed by atoms with Gasteiger partial charge in [0.2, 0.25) is 0 Å². The van der Waals surface area contributed by atoms with Crippen molar-refractivity contribution in [2.75, 3.05) is 11.5 Å². The minimum absolute atomic E-state index is 0.632. The molecule has 1 aliphatic rings. The van der Waals surface area contributed by atoms with Crippen LogP contribution in [0.2, 0.25) is 0 Å². The summed E-state index contributed by atoms with van der Waals surface area (Å²) in [6.07, 6.45) is 4.93. The van der Waals surface area contributed by atoms with Crippen LogP contribution in [0.25, 0.3) is 0 Å². The standard InChI is InChI=1S/C26H29NO2/c1-3-5-10-20(4-2)19-28-22-17-15-21(16-18-22)27-23-11-6-8-13-25(23)29-26-14-9-7-12-24(26)27/h6-9,11-18,20H,3-5,10,19H2,1-2H3. The van der Waals surface area contributed by atoms with E-state index in [1.54, 1.807) is 0 Å². The largest absolute Gasteiger partial charge is 0.493 e. The molecule has 29 heavy (non-hydrogen) atoms. The van der Waals surface area contributed by atoms with Crippen molar-refractivity contribution in [1.82, 2.24) is 0 Å². The molecule has 4 rings (SSSR count). The molecule has 0 bridgehead atoms. The molecule has 0 spiro atoms. The smallest absolute Gasteiger partial charge is 0.151 e. The topological polar surface area (TPSA) is 21.7 Å². The summed E-state index contributed by atoms with van der Waals surface area (Å²) in [5.41, 5.74) is 3.19. The maximum atomic E-state index is 6.10. The van der Waals surface area contributed by atoms with Gasteiger partial charge in [-0.05, 0) is 60.9 Å². The zero-order valence-electron chi connectivity index (χ0n) is 17.3. The summed E-state index contributed by atoms with van der Waals surface area (Å²) in [6, 6.07) is 24.7. The first-order valence-corrected chi connectivity index (χ1v) is 10.7. The van der Waals surface area contributed by atoms with Crippen LogP contribution in [0, 0.1) is 5.92 Å². The van der Waals surface area contributed by atoms with Gasteiger partial charge in [-0.2, -0.15) is 0 Å². The fraction of sp³-hybridized carbons (Fsp3) is 0.308. The molecule has 0 amide bonds. The highest BCUT2D eigenvalue weighted by atomic mass is 16.5. The van der Waals surface area contributed by atoms with Crippen LogP contribution >= 0.6 is 0 Å². The van der Waals surface area contributed by atoms with E-state index in [4.69, 9.17) is 9.47 Å². The zero-order chi connectivity index (χ0) is 20.1. The van der Waals surface area contributed by atoms with Gasteiger partial charge >= 0.3 is 0 Å². The maximum Gasteiger partial charge on any atom is 0.151 e. The summed E-state index contributed by atoms with van der Waals surface area (Å²) >= 11 is 0. The van der Waals surface area contributed by atoms with Gasteiger partial charge in [0.05, 0.1) is 18.0 Å². The number of benzene rings is 3. The minimum Gasteiger partial charge on any atom is -0.493 e. The van der Waals surface area contributed by atoms with E-state index < -0.39 is 0 Å². The molecule has 0 radical (unpaired) electrons. The lowest BCUT2D eigenvalue weighted by atomic mass is 10.0. The molecule has 3 aromatic carbocycles. The first kappa shape index (κ1) is 19.4. The molecular weight excluding hydrogens is 358 g/mol. The summed E-state index contributed by atoms with van der Waals surface area (Å²) in [6.45, 7) is 5.29. The molecule has 0 aromatic heterocycles. The Morgan fingerprint density at radius 1 is 0.828 bits per heavy atom. The van der Waals surface area contributed by atoms with Crippen LogP contribution < -0.4 is 14.4 Å². The van der Waals surface area contributed by atoms with E-state index in [1.165, 1.54) is 25.7 Å². The van der Waals surface area contributed by atoms with E-state index in [2.05, 4.69) is 55.1 Å². The van der Waals surface area contributed by atoms with Gasteiger partial charge in [0.1, 0.15) is 5.75 Å². The third-order valence-corrected chi connectivity index (χ3v) is 5.56. The number of nitrogens with zero attached hydrogens (tertiary/aromatic N) is 1. The average Bonchev–Trinajstić information content (AvgIpc) is 2.78. The number of anilines is 3. The number of hydrogen-bond acceptors (Lipinski definition) is 3. The van der Waals surface area contributed by atoms with Gasteiger partial charge in [-0.25, -0.2) is 0 Å². The molecule has 0 fully saturated rings. The molecular formula is C26H29NO2. The molecule has 1 aliphatic heterocycles. The van der Waals surface area contributed by atoms with Crippen LogP contribution in [-0.4, -0.2) is 6.61 Å². The zero-order valence-corrected chi connectivity index (χ0v) is 17.3. The Hall–Kier alpha value is -2.94. The molecule has 3 aromatic rings. The highest BCUT2D eigenvalue weighted by Gasteiger charge is 2.25. The van der Waals surface area contributed by atoms with Crippen molar-refractivity contribution in [1.29, 1.82) is 0 Å². The van der Waals surface area contributed by atoms with Crippen LogP contribution in [0.1, 0.15) is 39.5 Å². The van der Waals surface area contributed by atoms with Crippen LogP contribution in [0.3, 0.4) is 0 Å². The third-order valence-electron chi connectivity index (χ3n) is 5.56. The quantitative estimate of drug-likeness (QED) is 0.307. The van der Waals surface area contributed by atoms with E-state index >= 15 is 0 Å². The minimum atomic E-state index is 0.632. The lowest BCUT2D eigenvalue weighted by Crippen LogP contribution is -2.15. The number of para-hydroxylation sites is 4. The first-order chi connectivity index (χ1) is 14.3. The number of unbranched alkanes of at least 4 members (excludes halogenated alkanes) is 1. The molecule has 1 heterocycles. The van der Waals surface area contributed by atoms with Crippen molar-refractivity contribution in [3.05, 3.63) is 72.8 Å². The van der Waals surface area contributed by atoms with Crippen molar-refractivity contribution >= 4 is 17.1 Å². The highest BCUT2D eigenvalue weighted by Crippen LogP contribution is 2.50. The second-order valence-corrected chi connectivity index (χ2v) is 7.59. The average molecular weight is 388 g/mol. The van der Waals surface area contributed by atoms with Gasteiger partial charge < -0.3 is 14.4 Å². The molecule has 0 N–H and O–H groups in total. The SMILES string of the molecule is CCCCC(CC)COc1ccc(N2c3ccccc3Oc3ccccc32)cc1. The molecule has 3 heteroatoms. The molecule has 0 saturated heterocycles. The molecule has 0 aliphatic carbocycles. The van der Waals surface area contributed by atoms with Crippen LogP contribution in [-0.2, 0) is 0 Å². The van der Waals surface area contributed by atoms with Gasteiger partial charge in [0.15, 0.2) is 11.5 Å². The predicted molar refractivity (Wildman–Crippen MR) is 120 cm³/mol. The van der Waals surface area contributed by atoms with E-state index in [9.17, 15) is 0 Å². The Morgan fingerprint density at radius 3 is 2.03 bits per heavy atom. The van der Waals surface area contributed by atoms with Crippen molar-refractivity contribution in [2.45, 2.75) is 39.5 Å². The van der Waals surface area contributed by atoms with Gasteiger partial charge in [0, 0.05) is 5.69 Å². The predicted octanol–water partition coefficient (Wildman–Crippen LogP) is 7.86. The van der Waals surface area contributed by atoms with Crippen LogP contribution in [0.4, 0.5) is 17.1 Å². The Balaban J connectivity index is 1.55. The molecule has 0 saturated carbocycles. The van der Waals surface area contributed by atoms with Crippen molar-refractivity contribution in [2.24, 2.45) is 5.92 Å². The second-order valence-electron chi connectivity index (χ2n) is 7.59. The van der Waals surface area contributed by atoms with Gasteiger partial charge in [0.25, 0.3) is 0 Å². The summed E-state index contributed by atoms with van der Waals surface area (Å²) in [5, 5.41) is 0. The molecule has 1 atom stereocenters. The fourth-order valence-electron chi connectivity index (χ4n) is 3.79. The lowest BCUT2D eigenvalue weighted by molar-refractivity contribution is 0.233. The van der Waals surface area contributed by atoms with Crippen LogP contribution in [0.5, 0.6) is 17.2 Å². The molecule has 150 valence electrons. The summed E-state index contributed by atoms with van der Waals surface area (Å²) in [7, 11) is 0. The monoisotopic (exact) mass is 387 g/mol. The fourth-order valence-corrected chi connectivity index (χ4v) is 3.79. The Labute approximate surface area is 173 Å². The second kappa shape index (κ2) is 9.04. The van der Waals surface area contributed by atoms with Crippen LogP contribution in [0.15, 0.2) is 72.8 Å². The summed E-state index contributed by atoms with van der Waals surface area (Å²) in [4.78, 5) is 2.24. The normalized spacial score (nSPS) is 13.2. The van der Waals surface area contributed by atoms with Gasteiger partial charge in [-0.1, -0.05) is 57.4 Å². The van der Waals surface area contributed by atoms with Crippen molar-refractivity contribution in [3.8, 4) is 17.2 Å². The number of hydrogen-bond donors (Lipinski definition) is 0. The van der Waals surface area contributed by atoms with E-state index in [-0.39, 0.29) is 0 Å². The maximum absolute atomic E-state index is 6.10. The highest BCUT2D eigenvalue weighted by molar-refractivity contribution is 5.86. The first-order valence-electron chi connectivity index (χ1n) is 10.7.